The van der Waals surface area contributed by atoms with Crippen molar-refractivity contribution in [1.82, 2.24) is 5.32 Å². The second-order valence-electron chi connectivity index (χ2n) is 4.04. The Morgan fingerprint density at radius 3 is 2.92 bits per heavy atom. The molecular formula is C10H20N2. The lowest BCUT2D eigenvalue weighted by Gasteiger charge is -2.26. The van der Waals surface area contributed by atoms with Crippen LogP contribution in [0.3, 0.4) is 0 Å². The molecule has 0 aromatic rings. The Labute approximate surface area is 75.2 Å². The SMILES string of the molecule is C=C(N)NCC1CCCC(C)C1. The summed E-state index contributed by atoms with van der Waals surface area (Å²) in [6, 6.07) is 0. The maximum absolute atomic E-state index is 5.44. The van der Waals surface area contributed by atoms with Gasteiger partial charge in [0.05, 0.1) is 5.82 Å². The van der Waals surface area contributed by atoms with Gasteiger partial charge in [0.2, 0.25) is 0 Å². The molecule has 1 rings (SSSR count). The Bertz CT molecular complexity index is 154. The number of nitrogens with two attached hydrogens (primary N) is 1. The summed E-state index contributed by atoms with van der Waals surface area (Å²) in [5.74, 6) is 2.32. The molecule has 2 atom stereocenters. The first-order valence-corrected chi connectivity index (χ1v) is 4.86. The maximum Gasteiger partial charge on any atom is 0.0885 e. The second-order valence-corrected chi connectivity index (χ2v) is 4.04. The van der Waals surface area contributed by atoms with E-state index in [9.17, 15) is 0 Å². The lowest BCUT2D eigenvalue weighted by molar-refractivity contribution is 0.279. The highest BCUT2D eigenvalue weighted by atomic mass is 15.0. The summed E-state index contributed by atoms with van der Waals surface area (Å²) < 4.78 is 0. The monoisotopic (exact) mass is 168 g/mol. The summed E-state index contributed by atoms with van der Waals surface area (Å²) >= 11 is 0. The van der Waals surface area contributed by atoms with Crippen molar-refractivity contribution in [2.24, 2.45) is 17.6 Å². The van der Waals surface area contributed by atoms with E-state index in [2.05, 4.69) is 18.8 Å². The fraction of sp³-hybridized carbons (Fsp3) is 0.800. The van der Waals surface area contributed by atoms with Gasteiger partial charge in [-0.3, -0.25) is 0 Å². The van der Waals surface area contributed by atoms with Crippen LogP contribution in [0.5, 0.6) is 0 Å². The van der Waals surface area contributed by atoms with Crippen LogP contribution in [0, 0.1) is 11.8 Å². The minimum atomic E-state index is 0.605. The molecule has 0 heterocycles. The summed E-state index contributed by atoms with van der Waals surface area (Å²) in [6.45, 7) is 6.98. The Balaban J connectivity index is 2.18. The number of rotatable bonds is 3. The predicted molar refractivity (Wildman–Crippen MR) is 52.5 cm³/mol. The third kappa shape index (κ3) is 3.16. The molecule has 3 N–H and O–H groups in total. The maximum atomic E-state index is 5.44. The van der Waals surface area contributed by atoms with E-state index in [0.717, 1.165) is 18.4 Å². The largest absolute Gasteiger partial charge is 0.386 e. The fourth-order valence-electron chi connectivity index (χ4n) is 2.02. The molecule has 1 saturated carbocycles. The Hall–Kier alpha value is -0.660. The highest BCUT2D eigenvalue weighted by molar-refractivity contribution is 4.84. The molecule has 2 unspecified atom stereocenters. The molecule has 2 nitrogen and oxygen atoms in total. The molecule has 1 aliphatic carbocycles. The van der Waals surface area contributed by atoms with Crippen molar-refractivity contribution in [2.75, 3.05) is 6.54 Å². The standard InChI is InChI=1S/C10H20N2/c1-8-4-3-5-10(6-8)7-12-9(2)11/h8,10,12H,2-7,11H2,1H3. The molecular weight excluding hydrogens is 148 g/mol. The number of hydrogen-bond acceptors (Lipinski definition) is 2. The molecule has 1 aliphatic rings. The predicted octanol–water partition coefficient (Wildman–Crippen LogP) is 1.83. The summed E-state index contributed by atoms with van der Waals surface area (Å²) in [5.41, 5.74) is 5.44. The van der Waals surface area contributed by atoms with Crippen LogP contribution in [0.4, 0.5) is 0 Å². The summed E-state index contributed by atoms with van der Waals surface area (Å²) in [7, 11) is 0. The first kappa shape index (κ1) is 9.43. The smallest absolute Gasteiger partial charge is 0.0885 e. The van der Waals surface area contributed by atoms with Gasteiger partial charge in [0.15, 0.2) is 0 Å². The minimum absolute atomic E-state index is 0.605. The van der Waals surface area contributed by atoms with Gasteiger partial charge in [0.1, 0.15) is 0 Å². The van der Waals surface area contributed by atoms with E-state index >= 15 is 0 Å². The molecule has 0 aromatic heterocycles. The Kier molecular flexibility index (Phi) is 3.45. The molecule has 70 valence electrons. The van der Waals surface area contributed by atoms with Crippen LogP contribution < -0.4 is 11.1 Å². The fourth-order valence-corrected chi connectivity index (χ4v) is 2.02. The second kappa shape index (κ2) is 4.39. The average molecular weight is 168 g/mol. The van der Waals surface area contributed by atoms with Crippen molar-refractivity contribution in [3.8, 4) is 0 Å². The molecule has 0 amide bonds. The van der Waals surface area contributed by atoms with Gasteiger partial charge in [-0.15, -0.1) is 0 Å². The quantitative estimate of drug-likeness (QED) is 0.674. The molecule has 1 fully saturated rings. The molecule has 2 heteroatoms. The third-order valence-corrected chi connectivity index (χ3v) is 2.66. The van der Waals surface area contributed by atoms with Crippen molar-refractivity contribution in [3.05, 3.63) is 12.4 Å². The lowest BCUT2D eigenvalue weighted by atomic mass is 9.82. The van der Waals surface area contributed by atoms with Gasteiger partial charge in [0, 0.05) is 6.54 Å². The molecule has 0 radical (unpaired) electrons. The van der Waals surface area contributed by atoms with Crippen LogP contribution in [0.2, 0.25) is 0 Å². The molecule has 0 bridgehead atoms. The van der Waals surface area contributed by atoms with E-state index in [1.807, 2.05) is 0 Å². The molecule has 0 aromatic carbocycles. The summed E-state index contributed by atoms with van der Waals surface area (Å²) in [4.78, 5) is 0. The molecule has 0 saturated heterocycles. The van der Waals surface area contributed by atoms with Crippen molar-refractivity contribution < 1.29 is 0 Å². The third-order valence-electron chi connectivity index (χ3n) is 2.66. The van der Waals surface area contributed by atoms with Crippen molar-refractivity contribution in [3.63, 3.8) is 0 Å². The Morgan fingerprint density at radius 1 is 1.58 bits per heavy atom. The minimum Gasteiger partial charge on any atom is -0.386 e. The van der Waals surface area contributed by atoms with E-state index in [0.29, 0.717) is 5.82 Å². The van der Waals surface area contributed by atoms with E-state index in [1.165, 1.54) is 25.7 Å². The highest BCUT2D eigenvalue weighted by Gasteiger charge is 2.18. The van der Waals surface area contributed by atoms with Gasteiger partial charge in [-0.05, 0) is 24.7 Å². The number of hydrogen-bond donors (Lipinski definition) is 2. The van der Waals surface area contributed by atoms with Crippen LogP contribution in [-0.2, 0) is 0 Å². The summed E-state index contributed by atoms with van der Waals surface area (Å²) in [5, 5.41) is 3.12. The van der Waals surface area contributed by atoms with E-state index in [-0.39, 0.29) is 0 Å². The van der Waals surface area contributed by atoms with Crippen molar-refractivity contribution in [1.29, 1.82) is 0 Å². The van der Waals surface area contributed by atoms with E-state index in [1.54, 1.807) is 0 Å². The van der Waals surface area contributed by atoms with Crippen LogP contribution in [0.1, 0.15) is 32.6 Å². The van der Waals surface area contributed by atoms with Gasteiger partial charge in [0.25, 0.3) is 0 Å². The van der Waals surface area contributed by atoms with Crippen LogP contribution in [0.25, 0.3) is 0 Å². The summed E-state index contributed by atoms with van der Waals surface area (Å²) in [6.07, 6.45) is 5.48. The zero-order valence-electron chi connectivity index (χ0n) is 7.97. The highest BCUT2D eigenvalue weighted by Crippen LogP contribution is 2.27. The van der Waals surface area contributed by atoms with E-state index in [4.69, 9.17) is 5.73 Å². The van der Waals surface area contributed by atoms with Gasteiger partial charge >= 0.3 is 0 Å². The van der Waals surface area contributed by atoms with E-state index < -0.39 is 0 Å². The number of nitrogens with one attached hydrogen (secondary N) is 1. The first-order valence-electron chi connectivity index (χ1n) is 4.86. The molecule has 12 heavy (non-hydrogen) atoms. The van der Waals surface area contributed by atoms with Crippen molar-refractivity contribution in [2.45, 2.75) is 32.6 Å². The Morgan fingerprint density at radius 2 is 2.33 bits per heavy atom. The molecule has 0 spiro atoms. The topological polar surface area (TPSA) is 38.0 Å². The van der Waals surface area contributed by atoms with Crippen LogP contribution in [-0.4, -0.2) is 6.54 Å². The first-order chi connectivity index (χ1) is 5.68. The molecule has 0 aliphatic heterocycles. The van der Waals surface area contributed by atoms with Gasteiger partial charge < -0.3 is 11.1 Å². The normalized spacial score (nSPS) is 29.8. The van der Waals surface area contributed by atoms with Gasteiger partial charge in [-0.1, -0.05) is 26.3 Å². The zero-order chi connectivity index (χ0) is 8.97. The zero-order valence-corrected chi connectivity index (χ0v) is 7.97. The lowest BCUT2D eigenvalue weighted by Crippen LogP contribution is -2.28. The van der Waals surface area contributed by atoms with Gasteiger partial charge in [-0.2, -0.15) is 0 Å². The van der Waals surface area contributed by atoms with Crippen LogP contribution in [0.15, 0.2) is 12.4 Å². The van der Waals surface area contributed by atoms with Crippen molar-refractivity contribution >= 4 is 0 Å². The van der Waals surface area contributed by atoms with Crippen LogP contribution >= 0.6 is 0 Å². The van der Waals surface area contributed by atoms with Gasteiger partial charge in [-0.25, -0.2) is 0 Å². The average Bonchev–Trinajstić information content (AvgIpc) is 2.01.